The third-order valence-electron chi connectivity index (χ3n) is 5.34. The second kappa shape index (κ2) is 10.7. The van der Waals surface area contributed by atoms with E-state index in [4.69, 9.17) is 4.74 Å². The number of carbonyl (C=O) groups excluding carboxylic acids is 1. The van der Waals surface area contributed by atoms with Crippen LogP contribution in [0, 0.1) is 25.7 Å². The SMILES string of the molecule is COC(=O)[C@H](CCCC(C)C)[C@H](NS(=O)(=O)c1ccc(C)cc1)c1ccccc1C. The smallest absolute Gasteiger partial charge is 0.310 e. The van der Waals surface area contributed by atoms with Crippen molar-refractivity contribution in [2.24, 2.45) is 11.8 Å². The Morgan fingerprint density at radius 3 is 2.20 bits per heavy atom. The molecule has 0 aliphatic carbocycles. The first-order valence-electron chi connectivity index (χ1n) is 10.4. The van der Waals surface area contributed by atoms with Gasteiger partial charge in [0.25, 0.3) is 0 Å². The van der Waals surface area contributed by atoms with E-state index >= 15 is 0 Å². The van der Waals surface area contributed by atoms with Crippen LogP contribution in [-0.4, -0.2) is 21.5 Å². The quantitative estimate of drug-likeness (QED) is 0.541. The Morgan fingerprint density at radius 2 is 1.63 bits per heavy atom. The van der Waals surface area contributed by atoms with Crippen molar-refractivity contribution in [1.29, 1.82) is 0 Å². The molecule has 0 bridgehead atoms. The largest absolute Gasteiger partial charge is 0.469 e. The third-order valence-corrected chi connectivity index (χ3v) is 6.80. The van der Waals surface area contributed by atoms with E-state index in [1.807, 2.05) is 38.1 Å². The fraction of sp³-hybridized carbons (Fsp3) is 0.458. The van der Waals surface area contributed by atoms with Crippen LogP contribution in [0.5, 0.6) is 0 Å². The highest BCUT2D eigenvalue weighted by Gasteiger charge is 2.34. The summed E-state index contributed by atoms with van der Waals surface area (Å²) in [5, 5.41) is 0. The molecule has 1 N–H and O–H groups in total. The van der Waals surface area contributed by atoms with Crippen molar-refractivity contribution in [2.75, 3.05) is 7.11 Å². The van der Waals surface area contributed by atoms with Crippen molar-refractivity contribution in [3.63, 3.8) is 0 Å². The highest BCUT2D eigenvalue weighted by molar-refractivity contribution is 7.89. The fourth-order valence-electron chi connectivity index (χ4n) is 3.57. The first-order chi connectivity index (χ1) is 14.2. The van der Waals surface area contributed by atoms with E-state index in [1.54, 1.807) is 24.3 Å². The van der Waals surface area contributed by atoms with Gasteiger partial charge in [0.1, 0.15) is 0 Å². The maximum absolute atomic E-state index is 13.2. The van der Waals surface area contributed by atoms with Gasteiger partial charge in [-0.25, -0.2) is 13.1 Å². The zero-order valence-electron chi connectivity index (χ0n) is 18.5. The van der Waals surface area contributed by atoms with Crippen LogP contribution < -0.4 is 4.72 Å². The molecule has 0 amide bonds. The van der Waals surface area contributed by atoms with Gasteiger partial charge < -0.3 is 4.74 Å². The monoisotopic (exact) mass is 431 g/mol. The minimum absolute atomic E-state index is 0.178. The average Bonchev–Trinajstić information content (AvgIpc) is 2.70. The summed E-state index contributed by atoms with van der Waals surface area (Å²) in [6.07, 6.45) is 2.31. The zero-order valence-corrected chi connectivity index (χ0v) is 19.3. The van der Waals surface area contributed by atoms with Crippen LogP contribution in [0.1, 0.15) is 55.8 Å². The molecule has 0 saturated heterocycles. The molecule has 2 atom stereocenters. The molecule has 0 saturated carbocycles. The lowest BCUT2D eigenvalue weighted by atomic mass is 9.86. The maximum Gasteiger partial charge on any atom is 0.310 e. The molecule has 164 valence electrons. The van der Waals surface area contributed by atoms with Gasteiger partial charge in [-0.3, -0.25) is 4.79 Å². The fourth-order valence-corrected chi connectivity index (χ4v) is 4.82. The summed E-state index contributed by atoms with van der Waals surface area (Å²) >= 11 is 0. The summed E-state index contributed by atoms with van der Waals surface area (Å²) in [5.74, 6) is -0.516. The van der Waals surface area contributed by atoms with Gasteiger partial charge >= 0.3 is 5.97 Å². The third kappa shape index (κ3) is 6.41. The summed E-state index contributed by atoms with van der Waals surface area (Å²) in [6.45, 7) is 8.09. The molecule has 0 aliphatic rings. The molecule has 0 aliphatic heterocycles. The first-order valence-corrected chi connectivity index (χ1v) is 11.9. The molecule has 0 heterocycles. The average molecular weight is 432 g/mol. The topological polar surface area (TPSA) is 72.5 Å². The van der Waals surface area contributed by atoms with Crippen LogP contribution >= 0.6 is 0 Å². The number of benzene rings is 2. The van der Waals surface area contributed by atoms with Crippen molar-refractivity contribution in [2.45, 2.75) is 57.9 Å². The van der Waals surface area contributed by atoms with Gasteiger partial charge in [0.05, 0.1) is 24.0 Å². The summed E-state index contributed by atoms with van der Waals surface area (Å²) < 4.78 is 34.2. The van der Waals surface area contributed by atoms with Crippen molar-refractivity contribution >= 4 is 16.0 Å². The maximum atomic E-state index is 13.2. The Bertz CT molecular complexity index is 936. The van der Waals surface area contributed by atoms with Gasteiger partial charge in [-0.2, -0.15) is 0 Å². The zero-order chi connectivity index (χ0) is 22.3. The minimum Gasteiger partial charge on any atom is -0.469 e. The van der Waals surface area contributed by atoms with E-state index in [-0.39, 0.29) is 4.90 Å². The van der Waals surface area contributed by atoms with Gasteiger partial charge in [0.2, 0.25) is 10.0 Å². The van der Waals surface area contributed by atoms with Crippen molar-refractivity contribution in [3.05, 3.63) is 65.2 Å². The molecule has 5 nitrogen and oxygen atoms in total. The van der Waals surface area contributed by atoms with E-state index in [0.717, 1.165) is 29.5 Å². The van der Waals surface area contributed by atoms with Crippen LogP contribution in [0.15, 0.2) is 53.4 Å². The minimum atomic E-state index is -3.83. The number of nitrogens with one attached hydrogen (secondary N) is 1. The molecular weight excluding hydrogens is 398 g/mol. The molecule has 30 heavy (non-hydrogen) atoms. The molecule has 0 fully saturated rings. The molecule has 6 heteroatoms. The van der Waals surface area contributed by atoms with E-state index in [0.29, 0.717) is 12.3 Å². The standard InChI is InChI=1S/C24H33NO4S/c1-17(2)9-8-12-22(24(26)29-5)23(21-11-7-6-10-19(21)4)25-30(27,28)20-15-13-18(3)14-16-20/h6-7,10-11,13-17,22-23,25H,8-9,12H2,1-5H3/t22-,23-/m1/s1. The normalized spacial score (nSPS) is 13.8. The van der Waals surface area contributed by atoms with Gasteiger partial charge in [0.15, 0.2) is 0 Å². The highest BCUT2D eigenvalue weighted by atomic mass is 32.2. The number of sulfonamides is 1. The number of esters is 1. The Morgan fingerprint density at radius 1 is 1.00 bits per heavy atom. The number of methoxy groups -OCH3 is 1. The van der Waals surface area contributed by atoms with E-state index in [1.165, 1.54) is 7.11 Å². The van der Waals surface area contributed by atoms with Gasteiger partial charge in [-0.1, -0.05) is 68.7 Å². The molecule has 0 unspecified atom stereocenters. The second-order valence-electron chi connectivity index (χ2n) is 8.22. The van der Waals surface area contributed by atoms with Gasteiger partial charge in [0, 0.05) is 0 Å². The Labute approximate surface area is 180 Å². The van der Waals surface area contributed by atoms with E-state index < -0.39 is 28.0 Å². The molecule has 2 rings (SSSR count). The van der Waals surface area contributed by atoms with E-state index in [9.17, 15) is 13.2 Å². The lowest BCUT2D eigenvalue weighted by Crippen LogP contribution is -2.37. The predicted octanol–water partition coefficient (Wildman–Crippen LogP) is 4.94. The number of hydrogen-bond donors (Lipinski definition) is 1. The van der Waals surface area contributed by atoms with Crippen molar-refractivity contribution in [1.82, 2.24) is 4.72 Å². The Kier molecular flexibility index (Phi) is 8.62. The van der Waals surface area contributed by atoms with Gasteiger partial charge in [-0.05, 0) is 49.4 Å². The molecule has 0 spiro atoms. The van der Waals surface area contributed by atoms with Crippen molar-refractivity contribution < 1.29 is 17.9 Å². The van der Waals surface area contributed by atoms with Crippen LogP contribution in [0.4, 0.5) is 0 Å². The van der Waals surface area contributed by atoms with Crippen LogP contribution in [0.25, 0.3) is 0 Å². The second-order valence-corrected chi connectivity index (χ2v) is 9.94. The predicted molar refractivity (Wildman–Crippen MR) is 120 cm³/mol. The van der Waals surface area contributed by atoms with Crippen LogP contribution in [0.2, 0.25) is 0 Å². The Hall–Kier alpha value is -2.18. The molecular formula is C24H33NO4S. The molecule has 0 aromatic heterocycles. The number of rotatable bonds is 10. The summed E-state index contributed by atoms with van der Waals surface area (Å²) in [5.41, 5.74) is 2.69. The lowest BCUT2D eigenvalue weighted by Gasteiger charge is -2.28. The summed E-state index contributed by atoms with van der Waals surface area (Å²) in [7, 11) is -2.48. The number of ether oxygens (including phenoxy) is 1. The molecule has 2 aromatic rings. The Balaban J connectivity index is 2.46. The number of hydrogen-bond acceptors (Lipinski definition) is 4. The summed E-state index contributed by atoms with van der Waals surface area (Å²) in [4.78, 5) is 12.9. The van der Waals surface area contributed by atoms with E-state index in [2.05, 4.69) is 18.6 Å². The van der Waals surface area contributed by atoms with Crippen molar-refractivity contribution in [3.8, 4) is 0 Å². The first kappa shape index (κ1) is 24.1. The lowest BCUT2D eigenvalue weighted by molar-refractivity contribution is -0.146. The van der Waals surface area contributed by atoms with Crippen LogP contribution in [0.3, 0.4) is 0 Å². The number of carbonyl (C=O) groups is 1. The van der Waals surface area contributed by atoms with Gasteiger partial charge in [-0.15, -0.1) is 0 Å². The molecule has 0 radical (unpaired) electrons. The highest BCUT2D eigenvalue weighted by Crippen LogP contribution is 2.32. The molecule has 2 aromatic carbocycles. The number of aryl methyl sites for hydroxylation is 2. The van der Waals surface area contributed by atoms with Crippen LogP contribution in [-0.2, 0) is 19.6 Å². The summed E-state index contributed by atoms with van der Waals surface area (Å²) in [6, 6.07) is 13.5.